The molecule has 1 amide bonds. The summed E-state index contributed by atoms with van der Waals surface area (Å²) in [6.07, 6.45) is 5.27. The number of piperidine rings is 1. The van der Waals surface area contributed by atoms with Gasteiger partial charge in [0.05, 0.1) is 5.92 Å². The highest BCUT2D eigenvalue weighted by molar-refractivity contribution is 6.31. The summed E-state index contributed by atoms with van der Waals surface area (Å²) in [5.41, 5.74) is 1.78. The van der Waals surface area contributed by atoms with E-state index in [2.05, 4.69) is 20.2 Å². The molecule has 3 rings (SSSR count). The normalized spacial score (nSPS) is 17.8. The first kappa shape index (κ1) is 15.7. The molecule has 2 aromatic rings. The maximum atomic E-state index is 12.6. The summed E-state index contributed by atoms with van der Waals surface area (Å²) in [7, 11) is 0. The molecule has 2 heterocycles. The van der Waals surface area contributed by atoms with Crippen LogP contribution in [0, 0.1) is 12.8 Å². The van der Waals surface area contributed by atoms with E-state index in [1.54, 1.807) is 24.5 Å². The molecule has 0 radical (unpaired) electrons. The van der Waals surface area contributed by atoms with E-state index in [0.29, 0.717) is 17.5 Å². The topological polar surface area (TPSA) is 58.1 Å². The number of aromatic nitrogens is 2. The van der Waals surface area contributed by atoms with Crippen molar-refractivity contribution in [2.24, 2.45) is 5.92 Å². The zero-order valence-corrected chi connectivity index (χ0v) is 13.8. The van der Waals surface area contributed by atoms with Gasteiger partial charge in [-0.25, -0.2) is 9.97 Å². The number of carbonyl (C=O) groups is 1. The van der Waals surface area contributed by atoms with E-state index >= 15 is 0 Å². The fourth-order valence-corrected chi connectivity index (χ4v) is 2.96. The Bertz CT molecular complexity index is 692. The van der Waals surface area contributed by atoms with Crippen LogP contribution in [0.25, 0.3) is 0 Å². The Morgan fingerprint density at radius 1 is 1.35 bits per heavy atom. The summed E-state index contributed by atoms with van der Waals surface area (Å²) in [4.78, 5) is 23.2. The molecule has 1 N–H and O–H groups in total. The van der Waals surface area contributed by atoms with E-state index in [1.165, 1.54) is 0 Å². The van der Waals surface area contributed by atoms with Gasteiger partial charge in [-0.05, 0) is 43.5 Å². The van der Waals surface area contributed by atoms with Crippen molar-refractivity contribution in [3.63, 3.8) is 0 Å². The van der Waals surface area contributed by atoms with Crippen molar-refractivity contribution < 1.29 is 4.79 Å². The van der Waals surface area contributed by atoms with Gasteiger partial charge in [-0.3, -0.25) is 4.79 Å². The first-order chi connectivity index (χ1) is 11.1. The number of halogens is 1. The maximum absolute atomic E-state index is 12.6. The summed E-state index contributed by atoms with van der Waals surface area (Å²) in [5, 5.41) is 3.62. The minimum Gasteiger partial charge on any atom is -0.340 e. The molecule has 23 heavy (non-hydrogen) atoms. The van der Waals surface area contributed by atoms with Gasteiger partial charge < -0.3 is 10.2 Å². The Hall–Kier alpha value is -2.14. The Morgan fingerprint density at radius 3 is 2.91 bits per heavy atom. The van der Waals surface area contributed by atoms with Crippen LogP contribution in [0.5, 0.6) is 0 Å². The molecule has 0 saturated carbocycles. The van der Waals surface area contributed by atoms with Crippen LogP contribution in [-0.4, -0.2) is 29.0 Å². The lowest BCUT2D eigenvalue weighted by molar-refractivity contribution is -0.120. The van der Waals surface area contributed by atoms with E-state index in [4.69, 9.17) is 11.6 Å². The Balaban J connectivity index is 1.69. The smallest absolute Gasteiger partial charge is 0.229 e. The van der Waals surface area contributed by atoms with E-state index in [1.807, 2.05) is 19.1 Å². The third-order valence-corrected chi connectivity index (χ3v) is 4.32. The minimum absolute atomic E-state index is 0.0241. The molecule has 1 aromatic heterocycles. The number of nitrogens with one attached hydrogen (secondary N) is 1. The van der Waals surface area contributed by atoms with Gasteiger partial charge in [-0.15, -0.1) is 0 Å². The van der Waals surface area contributed by atoms with Crippen LogP contribution in [0.1, 0.15) is 18.4 Å². The molecule has 0 spiro atoms. The number of carbonyl (C=O) groups excluding carboxylic acids is 1. The Kier molecular flexibility index (Phi) is 4.76. The molecule has 1 aliphatic heterocycles. The highest BCUT2D eigenvalue weighted by Gasteiger charge is 2.27. The Morgan fingerprint density at radius 2 is 2.13 bits per heavy atom. The molecular weight excluding hydrogens is 312 g/mol. The van der Waals surface area contributed by atoms with Crippen LogP contribution in [0.4, 0.5) is 11.6 Å². The second kappa shape index (κ2) is 6.96. The van der Waals surface area contributed by atoms with Crippen LogP contribution in [0.3, 0.4) is 0 Å². The number of benzene rings is 1. The number of hydrogen-bond donors (Lipinski definition) is 1. The molecule has 5 nitrogen and oxygen atoms in total. The minimum atomic E-state index is -0.0778. The van der Waals surface area contributed by atoms with E-state index in [-0.39, 0.29) is 11.8 Å². The lowest BCUT2D eigenvalue weighted by Crippen LogP contribution is -2.41. The monoisotopic (exact) mass is 330 g/mol. The van der Waals surface area contributed by atoms with Crippen molar-refractivity contribution >= 4 is 29.1 Å². The average Bonchev–Trinajstić information content (AvgIpc) is 2.59. The molecule has 1 fully saturated rings. The van der Waals surface area contributed by atoms with Crippen LogP contribution in [0.2, 0.25) is 5.02 Å². The zero-order valence-electron chi connectivity index (χ0n) is 13.0. The molecular formula is C17H19ClN4O. The lowest BCUT2D eigenvalue weighted by Gasteiger charge is -2.32. The predicted octanol–water partition coefficient (Wildman–Crippen LogP) is 3.29. The van der Waals surface area contributed by atoms with Crippen LogP contribution in [0.15, 0.2) is 36.7 Å². The second-order valence-electron chi connectivity index (χ2n) is 5.78. The first-order valence-electron chi connectivity index (χ1n) is 7.72. The highest BCUT2D eigenvalue weighted by Crippen LogP contribution is 2.24. The molecule has 1 unspecified atom stereocenters. The lowest BCUT2D eigenvalue weighted by atomic mass is 9.97. The fraction of sp³-hybridized carbons (Fsp3) is 0.353. The zero-order chi connectivity index (χ0) is 16.2. The summed E-state index contributed by atoms with van der Waals surface area (Å²) >= 11 is 6.01. The standard InChI is InChI=1S/C17H19ClN4O/c1-12-5-6-14(18)10-15(12)21-16(23)13-4-2-9-22(11-13)17-19-7-3-8-20-17/h3,5-8,10,13H,2,4,9,11H2,1H3,(H,21,23). The molecule has 1 aromatic carbocycles. The molecule has 1 aliphatic rings. The van der Waals surface area contributed by atoms with Crippen molar-refractivity contribution in [1.82, 2.24) is 9.97 Å². The van der Waals surface area contributed by atoms with Gasteiger partial charge in [0.2, 0.25) is 11.9 Å². The van der Waals surface area contributed by atoms with Gasteiger partial charge >= 0.3 is 0 Å². The van der Waals surface area contributed by atoms with Crippen LogP contribution in [-0.2, 0) is 4.79 Å². The van der Waals surface area contributed by atoms with Crippen molar-refractivity contribution in [2.75, 3.05) is 23.3 Å². The molecule has 120 valence electrons. The second-order valence-corrected chi connectivity index (χ2v) is 6.22. The van der Waals surface area contributed by atoms with Gasteiger partial charge in [0, 0.05) is 36.2 Å². The SMILES string of the molecule is Cc1ccc(Cl)cc1NC(=O)C1CCCN(c2ncccn2)C1. The van der Waals surface area contributed by atoms with Crippen LogP contribution < -0.4 is 10.2 Å². The summed E-state index contributed by atoms with van der Waals surface area (Å²) in [6, 6.07) is 7.31. The molecule has 0 bridgehead atoms. The van der Waals surface area contributed by atoms with Crippen molar-refractivity contribution in [1.29, 1.82) is 0 Å². The van der Waals surface area contributed by atoms with Gasteiger partial charge in [0.25, 0.3) is 0 Å². The average molecular weight is 331 g/mol. The molecule has 1 saturated heterocycles. The molecule has 6 heteroatoms. The van der Waals surface area contributed by atoms with Crippen molar-refractivity contribution in [3.05, 3.63) is 47.2 Å². The van der Waals surface area contributed by atoms with Gasteiger partial charge in [0.15, 0.2) is 0 Å². The summed E-state index contributed by atoms with van der Waals surface area (Å²) in [5.74, 6) is 0.630. The number of hydrogen-bond acceptors (Lipinski definition) is 4. The van der Waals surface area contributed by atoms with Gasteiger partial charge in [-0.1, -0.05) is 17.7 Å². The van der Waals surface area contributed by atoms with Gasteiger partial charge in [-0.2, -0.15) is 0 Å². The van der Waals surface area contributed by atoms with Gasteiger partial charge in [0.1, 0.15) is 0 Å². The van der Waals surface area contributed by atoms with Crippen LogP contribution >= 0.6 is 11.6 Å². The molecule has 0 aliphatic carbocycles. The quantitative estimate of drug-likeness (QED) is 0.938. The molecule has 1 atom stereocenters. The first-order valence-corrected chi connectivity index (χ1v) is 8.10. The van der Waals surface area contributed by atoms with E-state index in [0.717, 1.165) is 30.6 Å². The Labute approximate surface area is 140 Å². The van der Waals surface area contributed by atoms with Crippen molar-refractivity contribution in [2.45, 2.75) is 19.8 Å². The number of rotatable bonds is 3. The summed E-state index contributed by atoms with van der Waals surface area (Å²) in [6.45, 7) is 3.47. The van der Waals surface area contributed by atoms with E-state index < -0.39 is 0 Å². The third-order valence-electron chi connectivity index (χ3n) is 4.08. The predicted molar refractivity (Wildman–Crippen MR) is 91.8 cm³/mol. The number of aryl methyl sites for hydroxylation is 1. The number of anilines is 2. The van der Waals surface area contributed by atoms with E-state index in [9.17, 15) is 4.79 Å². The third kappa shape index (κ3) is 3.79. The van der Waals surface area contributed by atoms with Crippen molar-refractivity contribution in [3.8, 4) is 0 Å². The number of nitrogens with zero attached hydrogens (tertiary/aromatic N) is 3. The summed E-state index contributed by atoms with van der Waals surface area (Å²) < 4.78 is 0. The fourth-order valence-electron chi connectivity index (χ4n) is 2.79. The number of amides is 1. The highest BCUT2D eigenvalue weighted by atomic mass is 35.5. The maximum Gasteiger partial charge on any atom is 0.229 e. The largest absolute Gasteiger partial charge is 0.340 e.